The molecule has 0 radical (unpaired) electrons. The topological polar surface area (TPSA) is 57.2 Å². The van der Waals surface area contributed by atoms with Crippen molar-refractivity contribution in [1.82, 2.24) is 4.90 Å². The fourth-order valence-corrected chi connectivity index (χ4v) is 4.49. The highest BCUT2D eigenvalue weighted by Gasteiger charge is 2.27. The Labute approximate surface area is 212 Å². The first-order chi connectivity index (χ1) is 17.6. The molecule has 4 rings (SSSR count). The first-order valence-corrected chi connectivity index (χ1v) is 11.7. The molecule has 0 saturated carbocycles. The minimum absolute atomic E-state index is 0.00550. The summed E-state index contributed by atoms with van der Waals surface area (Å²) in [5.41, 5.74) is 4.12. The minimum atomic E-state index is -0.00550. The summed E-state index contributed by atoms with van der Waals surface area (Å²) in [4.78, 5) is 16.0. The van der Waals surface area contributed by atoms with Crippen molar-refractivity contribution in [3.63, 3.8) is 0 Å². The van der Waals surface area contributed by atoms with Crippen LogP contribution in [0.5, 0.6) is 23.0 Å². The van der Waals surface area contributed by atoms with Gasteiger partial charge in [0.2, 0.25) is 0 Å². The van der Waals surface area contributed by atoms with Gasteiger partial charge in [-0.2, -0.15) is 0 Å². The fourth-order valence-electron chi connectivity index (χ4n) is 4.49. The highest BCUT2D eigenvalue weighted by Crippen LogP contribution is 2.35. The summed E-state index contributed by atoms with van der Waals surface area (Å²) >= 11 is 0. The second kappa shape index (κ2) is 11.6. The number of nitrogens with zero attached hydrogens (tertiary/aromatic N) is 1. The second-order valence-electron chi connectivity index (χ2n) is 8.46. The summed E-state index contributed by atoms with van der Waals surface area (Å²) in [5.74, 6) is 2.43. The summed E-state index contributed by atoms with van der Waals surface area (Å²) in [6.45, 7) is 1.74. The lowest BCUT2D eigenvalue weighted by Gasteiger charge is -2.30. The summed E-state index contributed by atoms with van der Waals surface area (Å²) in [7, 11) is 6.41. The van der Waals surface area contributed by atoms with E-state index >= 15 is 0 Å². The smallest absolute Gasteiger partial charge is 0.187 e. The summed E-state index contributed by atoms with van der Waals surface area (Å²) in [6, 6.07) is 21.6. The zero-order valence-corrected chi connectivity index (χ0v) is 21.1. The molecule has 6 heteroatoms. The molecular weight excluding hydrogens is 454 g/mol. The number of piperidine rings is 1. The SMILES string of the molecule is COc1cccc(/C=C2/CN(Cc3ccccc3)C/C(=C\c3cccc(OC)c3OC)C2=O)c1OC. The molecule has 186 valence electrons. The largest absolute Gasteiger partial charge is 0.493 e. The van der Waals surface area contributed by atoms with Crippen molar-refractivity contribution in [2.45, 2.75) is 6.54 Å². The summed E-state index contributed by atoms with van der Waals surface area (Å²) in [6.07, 6.45) is 3.80. The number of ketones is 1. The second-order valence-corrected chi connectivity index (χ2v) is 8.46. The average Bonchev–Trinajstić information content (AvgIpc) is 2.91. The van der Waals surface area contributed by atoms with E-state index in [1.165, 1.54) is 5.56 Å². The van der Waals surface area contributed by atoms with E-state index in [0.717, 1.165) is 11.1 Å². The van der Waals surface area contributed by atoms with Crippen molar-refractivity contribution in [2.75, 3.05) is 41.5 Å². The van der Waals surface area contributed by atoms with E-state index in [2.05, 4.69) is 17.0 Å². The number of hydrogen-bond acceptors (Lipinski definition) is 6. The van der Waals surface area contributed by atoms with Gasteiger partial charge in [0.05, 0.1) is 28.4 Å². The van der Waals surface area contributed by atoms with Gasteiger partial charge in [-0.05, 0) is 29.8 Å². The highest BCUT2D eigenvalue weighted by atomic mass is 16.5. The monoisotopic (exact) mass is 485 g/mol. The van der Waals surface area contributed by atoms with Crippen molar-refractivity contribution >= 4 is 17.9 Å². The summed E-state index contributed by atoms with van der Waals surface area (Å²) in [5, 5.41) is 0. The molecule has 36 heavy (non-hydrogen) atoms. The number of benzene rings is 3. The molecule has 1 saturated heterocycles. The lowest BCUT2D eigenvalue weighted by atomic mass is 9.93. The van der Waals surface area contributed by atoms with E-state index in [9.17, 15) is 4.79 Å². The van der Waals surface area contributed by atoms with Gasteiger partial charge in [0.1, 0.15) is 0 Å². The number of para-hydroxylation sites is 2. The Morgan fingerprint density at radius 3 is 1.61 bits per heavy atom. The third kappa shape index (κ3) is 5.44. The van der Waals surface area contributed by atoms with Crippen LogP contribution in [0, 0.1) is 0 Å². The van der Waals surface area contributed by atoms with Crippen molar-refractivity contribution in [1.29, 1.82) is 0 Å². The van der Waals surface area contributed by atoms with Gasteiger partial charge in [-0.25, -0.2) is 0 Å². The van der Waals surface area contributed by atoms with Crippen molar-refractivity contribution in [2.24, 2.45) is 0 Å². The van der Waals surface area contributed by atoms with Crippen LogP contribution in [0.3, 0.4) is 0 Å². The van der Waals surface area contributed by atoms with Crippen LogP contribution in [-0.2, 0) is 11.3 Å². The number of carbonyl (C=O) groups excluding carboxylic acids is 1. The van der Waals surface area contributed by atoms with Gasteiger partial charge in [0.25, 0.3) is 0 Å². The minimum Gasteiger partial charge on any atom is -0.493 e. The van der Waals surface area contributed by atoms with Crippen LogP contribution in [-0.4, -0.2) is 52.2 Å². The fraction of sp³-hybridized carbons (Fsp3) is 0.233. The number of methoxy groups -OCH3 is 4. The lowest BCUT2D eigenvalue weighted by molar-refractivity contribution is -0.113. The van der Waals surface area contributed by atoms with E-state index in [0.29, 0.717) is 53.8 Å². The first kappa shape index (κ1) is 25.1. The predicted molar refractivity (Wildman–Crippen MR) is 142 cm³/mol. The van der Waals surface area contributed by atoms with E-state index in [1.807, 2.05) is 66.7 Å². The van der Waals surface area contributed by atoms with E-state index in [1.54, 1.807) is 28.4 Å². The molecule has 6 nitrogen and oxygen atoms in total. The summed E-state index contributed by atoms with van der Waals surface area (Å²) < 4.78 is 22.1. The molecule has 0 unspecified atom stereocenters. The number of ether oxygens (including phenoxy) is 4. The Bertz CT molecular complexity index is 1200. The highest BCUT2D eigenvalue weighted by molar-refractivity contribution is 6.15. The molecule has 1 heterocycles. The van der Waals surface area contributed by atoms with Crippen LogP contribution in [0.25, 0.3) is 12.2 Å². The molecule has 1 aliphatic rings. The number of carbonyl (C=O) groups is 1. The molecule has 0 amide bonds. The molecule has 0 aliphatic carbocycles. The molecule has 3 aromatic carbocycles. The van der Waals surface area contributed by atoms with Gasteiger partial charge >= 0.3 is 0 Å². The van der Waals surface area contributed by atoms with Gasteiger partial charge in [-0.15, -0.1) is 0 Å². The maximum Gasteiger partial charge on any atom is 0.187 e. The van der Waals surface area contributed by atoms with E-state index in [4.69, 9.17) is 18.9 Å². The zero-order valence-electron chi connectivity index (χ0n) is 21.1. The van der Waals surface area contributed by atoms with Crippen LogP contribution in [0.2, 0.25) is 0 Å². The molecule has 0 N–H and O–H groups in total. The molecule has 0 atom stereocenters. The number of rotatable bonds is 8. The van der Waals surface area contributed by atoms with E-state index < -0.39 is 0 Å². The van der Waals surface area contributed by atoms with Gasteiger partial charge in [0, 0.05) is 41.9 Å². The standard InChI is InChI=1S/C30H31NO5/c1-33-26-14-8-12-22(29(26)35-3)16-24-19-31(18-21-10-6-5-7-11-21)20-25(28(24)32)17-23-13-9-15-27(34-2)30(23)36-4/h5-17H,18-20H2,1-4H3/b24-16-,25-17+. The third-order valence-corrected chi connectivity index (χ3v) is 6.15. The Balaban J connectivity index is 1.78. The van der Waals surface area contributed by atoms with E-state index in [-0.39, 0.29) is 5.78 Å². The maximum atomic E-state index is 13.7. The van der Waals surface area contributed by atoms with Crippen LogP contribution >= 0.6 is 0 Å². The molecule has 0 bridgehead atoms. The van der Waals surface area contributed by atoms with Crippen molar-refractivity contribution in [3.8, 4) is 23.0 Å². The molecule has 1 fully saturated rings. The molecular formula is C30H31NO5. The van der Waals surface area contributed by atoms with Crippen molar-refractivity contribution < 1.29 is 23.7 Å². The average molecular weight is 486 g/mol. The zero-order chi connectivity index (χ0) is 25.5. The molecule has 0 spiro atoms. The lowest BCUT2D eigenvalue weighted by Crippen LogP contribution is -2.37. The Kier molecular flexibility index (Phi) is 8.08. The van der Waals surface area contributed by atoms with Crippen LogP contribution in [0.15, 0.2) is 77.9 Å². The van der Waals surface area contributed by atoms with Crippen LogP contribution < -0.4 is 18.9 Å². The van der Waals surface area contributed by atoms with Crippen molar-refractivity contribution in [3.05, 3.63) is 94.6 Å². The number of Topliss-reactive ketones (excluding diaryl/α,β-unsaturated/α-hetero) is 1. The Hall–Kier alpha value is -4.03. The van der Waals surface area contributed by atoms with Gasteiger partial charge < -0.3 is 18.9 Å². The van der Waals surface area contributed by atoms with Crippen LogP contribution in [0.1, 0.15) is 16.7 Å². The first-order valence-electron chi connectivity index (χ1n) is 11.7. The van der Waals surface area contributed by atoms with Crippen LogP contribution in [0.4, 0.5) is 0 Å². The van der Waals surface area contributed by atoms with Gasteiger partial charge in [0.15, 0.2) is 28.8 Å². The molecule has 0 aromatic heterocycles. The van der Waals surface area contributed by atoms with Gasteiger partial charge in [-0.3, -0.25) is 9.69 Å². The third-order valence-electron chi connectivity index (χ3n) is 6.15. The quantitative estimate of drug-likeness (QED) is 0.405. The molecule has 3 aromatic rings. The predicted octanol–water partition coefficient (Wildman–Crippen LogP) is 5.27. The normalized spacial score (nSPS) is 16.3. The Morgan fingerprint density at radius 2 is 1.17 bits per heavy atom. The number of hydrogen-bond donors (Lipinski definition) is 0. The molecule has 1 aliphatic heterocycles. The Morgan fingerprint density at radius 1 is 0.667 bits per heavy atom. The number of likely N-dealkylation sites (tertiary alicyclic amines) is 1. The van der Waals surface area contributed by atoms with Gasteiger partial charge in [-0.1, -0.05) is 54.6 Å². The maximum absolute atomic E-state index is 13.7.